The Morgan fingerprint density at radius 1 is 1.28 bits per heavy atom. The van der Waals surface area contributed by atoms with Gasteiger partial charge in [0.25, 0.3) is 0 Å². The Bertz CT molecular complexity index is 926. The molecule has 1 aliphatic rings. The average molecular weight is 419 g/mol. The number of amides is 1. The zero-order valence-electron chi connectivity index (χ0n) is 16.3. The molecule has 1 aromatic carbocycles. The number of nitrogens with zero attached hydrogens (tertiary/aromatic N) is 3. The van der Waals surface area contributed by atoms with Crippen LogP contribution in [0.4, 0.5) is 5.13 Å². The van der Waals surface area contributed by atoms with Crippen molar-refractivity contribution in [3.8, 4) is 11.5 Å². The minimum absolute atomic E-state index is 0.000982. The quantitative estimate of drug-likeness (QED) is 0.368. The maximum absolute atomic E-state index is 11.9. The summed E-state index contributed by atoms with van der Waals surface area (Å²) >= 11 is 1.32. The molecule has 154 valence electrons. The number of carbonyl (C=O) groups excluding carboxylic acids is 2. The number of aromatic nitrogens is 1. The summed E-state index contributed by atoms with van der Waals surface area (Å²) in [6.45, 7) is 5.50. The molecule has 1 aromatic heterocycles. The maximum atomic E-state index is 11.9. The van der Waals surface area contributed by atoms with E-state index in [2.05, 4.69) is 10.1 Å². The zero-order valence-corrected chi connectivity index (χ0v) is 17.2. The Labute approximate surface area is 171 Å². The SMILES string of the molecule is CCN(C(C)=O)c1nc(COC(=O)CO/N=C(/C)c2ccc3c(c2)OCO3)cs1. The number of benzene rings is 1. The van der Waals surface area contributed by atoms with Gasteiger partial charge in [0.15, 0.2) is 16.6 Å². The van der Waals surface area contributed by atoms with Crippen molar-refractivity contribution in [2.45, 2.75) is 27.4 Å². The molecule has 2 heterocycles. The number of thiazole rings is 1. The third kappa shape index (κ3) is 5.23. The molecule has 1 amide bonds. The molecule has 9 nitrogen and oxygen atoms in total. The lowest BCUT2D eigenvalue weighted by Gasteiger charge is -2.14. The summed E-state index contributed by atoms with van der Waals surface area (Å²) in [4.78, 5) is 34.3. The Morgan fingerprint density at radius 3 is 2.83 bits per heavy atom. The van der Waals surface area contributed by atoms with E-state index < -0.39 is 5.97 Å². The second kappa shape index (κ2) is 9.37. The minimum Gasteiger partial charge on any atom is -0.457 e. The van der Waals surface area contributed by atoms with Crippen LogP contribution in [0.15, 0.2) is 28.7 Å². The Balaban J connectivity index is 1.46. The number of hydrogen-bond acceptors (Lipinski definition) is 9. The number of oxime groups is 1. The summed E-state index contributed by atoms with van der Waals surface area (Å²) in [5, 5.41) is 6.26. The number of hydrogen-bond donors (Lipinski definition) is 0. The Morgan fingerprint density at radius 2 is 2.07 bits per heavy atom. The topological polar surface area (TPSA) is 99.6 Å². The van der Waals surface area contributed by atoms with Crippen LogP contribution in [0.25, 0.3) is 0 Å². The maximum Gasteiger partial charge on any atom is 0.347 e. The molecule has 0 bridgehead atoms. The zero-order chi connectivity index (χ0) is 20.8. The Kier molecular flexibility index (Phi) is 6.65. The lowest BCUT2D eigenvalue weighted by molar-refractivity contribution is -0.150. The van der Waals surface area contributed by atoms with Crippen LogP contribution in [-0.2, 0) is 25.8 Å². The fraction of sp³-hybridized carbons (Fsp3) is 0.368. The van der Waals surface area contributed by atoms with Crippen LogP contribution >= 0.6 is 11.3 Å². The van der Waals surface area contributed by atoms with Crippen LogP contribution in [0.3, 0.4) is 0 Å². The van der Waals surface area contributed by atoms with E-state index in [1.54, 1.807) is 29.3 Å². The molecule has 0 atom stereocenters. The average Bonchev–Trinajstić information content (AvgIpc) is 3.35. The van der Waals surface area contributed by atoms with Gasteiger partial charge in [0, 0.05) is 24.4 Å². The second-order valence-electron chi connectivity index (χ2n) is 6.06. The monoisotopic (exact) mass is 419 g/mol. The molecule has 0 aliphatic carbocycles. The first-order chi connectivity index (χ1) is 14.0. The van der Waals surface area contributed by atoms with Gasteiger partial charge in [0.05, 0.1) is 11.4 Å². The molecule has 0 spiro atoms. The number of carbonyl (C=O) groups is 2. The molecule has 3 rings (SSSR count). The molecule has 29 heavy (non-hydrogen) atoms. The van der Waals surface area contributed by atoms with Gasteiger partial charge in [-0.3, -0.25) is 9.69 Å². The molecule has 0 unspecified atom stereocenters. The van der Waals surface area contributed by atoms with Crippen LogP contribution in [0.5, 0.6) is 11.5 Å². The Hall–Kier alpha value is -3.14. The van der Waals surface area contributed by atoms with Crippen molar-refractivity contribution >= 4 is 34.1 Å². The smallest absolute Gasteiger partial charge is 0.347 e. The van der Waals surface area contributed by atoms with Crippen molar-refractivity contribution in [2.75, 3.05) is 24.8 Å². The summed E-state index contributed by atoms with van der Waals surface area (Å²) in [6, 6.07) is 5.41. The lowest BCUT2D eigenvalue weighted by Crippen LogP contribution is -2.27. The molecular weight excluding hydrogens is 398 g/mol. The van der Waals surface area contributed by atoms with E-state index in [1.165, 1.54) is 18.3 Å². The first-order valence-electron chi connectivity index (χ1n) is 8.92. The summed E-state index contributed by atoms with van der Waals surface area (Å²) in [5.41, 5.74) is 1.95. The highest BCUT2D eigenvalue weighted by atomic mass is 32.1. The molecule has 10 heteroatoms. The van der Waals surface area contributed by atoms with Crippen LogP contribution in [0.1, 0.15) is 32.0 Å². The van der Waals surface area contributed by atoms with Crippen LogP contribution in [0, 0.1) is 0 Å². The predicted molar refractivity (Wildman–Crippen MR) is 106 cm³/mol. The van der Waals surface area contributed by atoms with Crippen molar-refractivity contribution < 1.29 is 28.6 Å². The van der Waals surface area contributed by atoms with Crippen molar-refractivity contribution in [3.05, 3.63) is 34.8 Å². The van der Waals surface area contributed by atoms with E-state index in [9.17, 15) is 9.59 Å². The van der Waals surface area contributed by atoms with Crippen LogP contribution in [0.2, 0.25) is 0 Å². The van der Waals surface area contributed by atoms with Gasteiger partial charge < -0.3 is 19.0 Å². The van der Waals surface area contributed by atoms with E-state index in [0.29, 0.717) is 34.6 Å². The number of anilines is 1. The first-order valence-corrected chi connectivity index (χ1v) is 9.80. The van der Waals surface area contributed by atoms with Gasteiger partial charge in [0.2, 0.25) is 19.3 Å². The standard InChI is InChI=1S/C19H21N3O6S/c1-4-22(13(3)23)19-20-15(10-29-19)8-25-18(24)9-28-21-12(2)14-5-6-16-17(7-14)27-11-26-16/h5-7,10H,4,8-9,11H2,1-3H3/b21-12-. The van der Waals surface area contributed by atoms with Crippen molar-refractivity contribution in [3.63, 3.8) is 0 Å². The van der Waals surface area contributed by atoms with Gasteiger partial charge in [-0.15, -0.1) is 11.3 Å². The van der Waals surface area contributed by atoms with E-state index >= 15 is 0 Å². The second-order valence-corrected chi connectivity index (χ2v) is 6.90. The van der Waals surface area contributed by atoms with Crippen molar-refractivity contribution in [1.29, 1.82) is 0 Å². The van der Waals surface area contributed by atoms with Crippen molar-refractivity contribution in [2.24, 2.45) is 5.16 Å². The molecule has 1 aliphatic heterocycles. The molecule has 0 radical (unpaired) electrons. The number of fused-ring (bicyclic) bond motifs is 1. The molecule has 0 saturated heterocycles. The molecule has 0 fully saturated rings. The van der Waals surface area contributed by atoms with Crippen LogP contribution in [-0.4, -0.2) is 42.5 Å². The third-order valence-electron chi connectivity index (χ3n) is 4.02. The van der Waals surface area contributed by atoms with E-state index in [4.69, 9.17) is 19.0 Å². The molecule has 0 saturated carbocycles. The van der Waals surface area contributed by atoms with Gasteiger partial charge in [-0.25, -0.2) is 9.78 Å². The van der Waals surface area contributed by atoms with Gasteiger partial charge >= 0.3 is 5.97 Å². The summed E-state index contributed by atoms with van der Waals surface area (Å²) in [7, 11) is 0. The summed E-state index contributed by atoms with van der Waals surface area (Å²) < 4.78 is 15.7. The van der Waals surface area contributed by atoms with Gasteiger partial charge in [0.1, 0.15) is 6.61 Å². The molecule has 2 aromatic rings. The lowest BCUT2D eigenvalue weighted by atomic mass is 10.1. The predicted octanol–water partition coefficient (Wildman–Crippen LogP) is 2.73. The minimum atomic E-state index is -0.569. The normalized spacial score (nSPS) is 12.6. The van der Waals surface area contributed by atoms with E-state index in [1.807, 2.05) is 13.0 Å². The number of ether oxygens (including phenoxy) is 3. The summed E-state index contributed by atoms with van der Waals surface area (Å²) in [5.74, 6) is 0.669. The van der Waals surface area contributed by atoms with E-state index in [-0.39, 0.29) is 25.9 Å². The molecular formula is C19H21N3O6S. The van der Waals surface area contributed by atoms with Gasteiger partial charge in [-0.2, -0.15) is 0 Å². The van der Waals surface area contributed by atoms with Crippen molar-refractivity contribution in [1.82, 2.24) is 4.98 Å². The summed E-state index contributed by atoms with van der Waals surface area (Å²) in [6.07, 6.45) is 0. The fourth-order valence-electron chi connectivity index (χ4n) is 2.53. The third-order valence-corrected chi connectivity index (χ3v) is 4.93. The highest BCUT2D eigenvalue weighted by Gasteiger charge is 2.15. The first kappa shape index (κ1) is 20.6. The number of esters is 1. The van der Waals surface area contributed by atoms with E-state index in [0.717, 1.165) is 5.56 Å². The highest BCUT2D eigenvalue weighted by molar-refractivity contribution is 7.14. The van der Waals surface area contributed by atoms with Gasteiger partial charge in [-0.05, 0) is 32.0 Å². The van der Waals surface area contributed by atoms with Gasteiger partial charge in [-0.1, -0.05) is 5.16 Å². The molecule has 0 N–H and O–H groups in total. The largest absolute Gasteiger partial charge is 0.457 e. The highest BCUT2D eigenvalue weighted by Crippen LogP contribution is 2.32. The fourth-order valence-corrected chi connectivity index (χ4v) is 3.45. The number of rotatable bonds is 8. The van der Waals surface area contributed by atoms with Crippen LogP contribution < -0.4 is 14.4 Å².